The maximum absolute atomic E-state index is 10.1. The third-order valence-corrected chi connectivity index (χ3v) is 1.62. The van der Waals surface area contributed by atoms with Gasteiger partial charge < -0.3 is 10.6 Å². The molecule has 0 fully saturated rings. The molecule has 0 aliphatic rings. The Labute approximate surface area is 70.5 Å². The van der Waals surface area contributed by atoms with Crippen LogP contribution in [-0.2, 0) is 19.4 Å². The molecule has 5 N–H and O–H groups in total. The van der Waals surface area contributed by atoms with Crippen LogP contribution in [0, 0.1) is 5.92 Å². The molecule has 0 spiro atoms. The molecule has 2 atom stereocenters. The second kappa shape index (κ2) is 4.70. The van der Waals surface area contributed by atoms with Crippen molar-refractivity contribution in [2.45, 2.75) is 13.2 Å². The van der Waals surface area contributed by atoms with Crippen molar-refractivity contribution >= 4 is 10.4 Å². The summed E-state index contributed by atoms with van der Waals surface area (Å²) in [4.78, 5) is 4.20. The van der Waals surface area contributed by atoms with Crippen LogP contribution in [0.5, 0.6) is 0 Å². The molecule has 0 heterocycles. The van der Waals surface area contributed by atoms with Crippen LogP contribution in [0.1, 0.15) is 6.92 Å². The molecule has 0 saturated carbocycles. The Bertz CT molecular complexity index is 215. The SMILES string of the molecule is CC(CON)C(N)OS(=O)(=O)O. The maximum Gasteiger partial charge on any atom is 0.398 e. The van der Waals surface area contributed by atoms with Gasteiger partial charge in [0.25, 0.3) is 0 Å². The van der Waals surface area contributed by atoms with Crippen molar-refractivity contribution in [1.29, 1.82) is 0 Å². The van der Waals surface area contributed by atoms with Crippen molar-refractivity contribution in [1.82, 2.24) is 0 Å². The fourth-order valence-corrected chi connectivity index (χ4v) is 0.952. The Hall–Kier alpha value is -0.250. The first kappa shape index (κ1) is 11.8. The molecule has 0 radical (unpaired) electrons. The Morgan fingerprint density at radius 3 is 2.42 bits per heavy atom. The van der Waals surface area contributed by atoms with E-state index < -0.39 is 22.5 Å². The minimum atomic E-state index is -4.51. The number of rotatable bonds is 5. The zero-order valence-electron chi connectivity index (χ0n) is 6.50. The van der Waals surface area contributed by atoms with Crippen molar-refractivity contribution < 1.29 is 22.0 Å². The van der Waals surface area contributed by atoms with Crippen LogP contribution in [0.3, 0.4) is 0 Å². The fraction of sp³-hybridized carbons (Fsp3) is 1.00. The van der Waals surface area contributed by atoms with Crippen molar-refractivity contribution in [3.8, 4) is 0 Å². The minimum absolute atomic E-state index is 0.0384. The van der Waals surface area contributed by atoms with Gasteiger partial charge in [0.15, 0.2) is 0 Å². The molecule has 0 aliphatic carbocycles. The van der Waals surface area contributed by atoms with Gasteiger partial charge in [-0.2, -0.15) is 8.42 Å². The summed E-state index contributed by atoms with van der Waals surface area (Å²) >= 11 is 0. The first-order valence-electron chi connectivity index (χ1n) is 3.09. The lowest BCUT2D eigenvalue weighted by molar-refractivity contribution is 0.0479. The van der Waals surface area contributed by atoms with E-state index in [1.807, 2.05) is 0 Å². The Balaban J connectivity index is 3.95. The summed E-state index contributed by atoms with van der Waals surface area (Å²) in [6.07, 6.45) is -1.16. The second-order valence-corrected chi connectivity index (χ2v) is 3.35. The van der Waals surface area contributed by atoms with Crippen molar-refractivity contribution in [3.63, 3.8) is 0 Å². The lowest BCUT2D eigenvalue weighted by Crippen LogP contribution is -2.36. The average Bonchev–Trinajstić information content (AvgIpc) is 1.84. The van der Waals surface area contributed by atoms with Gasteiger partial charge >= 0.3 is 10.4 Å². The van der Waals surface area contributed by atoms with Crippen molar-refractivity contribution in [2.75, 3.05) is 6.61 Å². The summed E-state index contributed by atoms with van der Waals surface area (Å²) in [6, 6.07) is 0. The minimum Gasteiger partial charge on any atom is -0.305 e. The molecule has 0 aliphatic heterocycles. The molecular weight excluding hydrogens is 188 g/mol. The Kier molecular flexibility index (Phi) is 4.60. The number of nitrogens with two attached hydrogens (primary N) is 2. The standard InChI is InChI=1S/C4H12N2O5S/c1-3(2-10-6)4(5)11-12(7,8)9/h3-4H,2,5-6H2,1H3,(H,7,8,9). The highest BCUT2D eigenvalue weighted by Gasteiger charge is 2.19. The number of hydrogen-bond donors (Lipinski definition) is 3. The molecule has 12 heavy (non-hydrogen) atoms. The van der Waals surface area contributed by atoms with Crippen LogP contribution in [0.15, 0.2) is 0 Å². The lowest BCUT2D eigenvalue weighted by atomic mass is 10.2. The van der Waals surface area contributed by atoms with Crippen LogP contribution in [-0.4, -0.2) is 25.8 Å². The van der Waals surface area contributed by atoms with Crippen LogP contribution < -0.4 is 11.6 Å². The summed E-state index contributed by atoms with van der Waals surface area (Å²) in [5.74, 6) is 4.27. The Morgan fingerprint density at radius 2 is 2.08 bits per heavy atom. The zero-order valence-corrected chi connectivity index (χ0v) is 7.32. The lowest BCUT2D eigenvalue weighted by Gasteiger charge is -2.16. The van der Waals surface area contributed by atoms with Crippen LogP contribution in [0.4, 0.5) is 0 Å². The normalized spacial score (nSPS) is 17.3. The quantitative estimate of drug-likeness (QED) is 0.283. The highest BCUT2D eigenvalue weighted by Crippen LogP contribution is 2.04. The van der Waals surface area contributed by atoms with Gasteiger partial charge in [-0.15, -0.1) is 0 Å². The molecule has 8 heteroatoms. The van der Waals surface area contributed by atoms with E-state index in [1.165, 1.54) is 0 Å². The molecule has 7 nitrogen and oxygen atoms in total. The highest BCUT2D eigenvalue weighted by molar-refractivity contribution is 7.80. The summed E-state index contributed by atoms with van der Waals surface area (Å²) in [5.41, 5.74) is 5.19. The van der Waals surface area contributed by atoms with E-state index in [0.29, 0.717) is 0 Å². The van der Waals surface area contributed by atoms with E-state index in [9.17, 15) is 8.42 Å². The van der Waals surface area contributed by atoms with Gasteiger partial charge in [0, 0.05) is 5.92 Å². The molecule has 0 rings (SSSR count). The first-order chi connectivity index (χ1) is 5.37. The van der Waals surface area contributed by atoms with E-state index in [0.717, 1.165) is 0 Å². The molecule has 0 aromatic carbocycles. The van der Waals surface area contributed by atoms with E-state index >= 15 is 0 Å². The average molecular weight is 200 g/mol. The molecule has 0 bridgehead atoms. The third-order valence-electron chi connectivity index (χ3n) is 1.15. The van der Waals surface area contributed by atoms with Gasteiger partial charge in [0.05, 0.1) is 6.61 Å². The monoisotopic (exact) mass is 200 g/mol. The predicted molar refractivity (Wildman–Crippen MR) is 39.9 cm³/mol. The third kappa shape index (κ3) is 5.41. The van der Waals surface area contributed by atoms with Crippen LogP contribution >= 0.6 is 0 Å². The van der Waals surface area contributed by atoms with Crippen molar-refractivity contribution in [2.24, 2.45) is 17.5 Å². The van der Waals surface area contributed by atoms with E-state index in [4.69, 9.17) is 16.2 Å². The largest absolute Gasteiger partial charge is 0.398 e. The summed E-state index contributed by atoms with van der Waals surface area (Å²) in [7, 11) is -4.51. The molecular formula is C4H12N2O5S. The smallest absolute Gasteiger partial charge is 0.305 e. The van der Waals surface area contributed by atoms with Gasteiger partial charge in [0.1, 0.15) is 6.23 Å². The van der Waals surface area contributed by atoms with E-state index in [-0.39, 0.29) is 6.61 Å². The number of hydrogen-bond acceptors (Lipinski definition) is 6. The second-order valence-electron chi connectivity index (χ2n) is 2.30. The van der Waals surface area contributed by atoms with Crippen LogP contribution in [0.2, 0.25) is 0 Å². The van der Waals surface area contributed by atoms with E-state index in [2.05, 4.69) is 9.02 Å². The summed E-state index contributed by atoms with van der Waals surface area (Å²) in [6.45, 7) is 1.60. The van der Waals surface area contributed by atoms with Gasteiger partial charge in [-0.1, -0.05) is 6.92 Å². The van der Waals surface area contributed by atoms with Gasteiger partial charge in [-0.3, -0.25) is 4.55 Å². The molecule has 0 amide bonds. The summed E-state index contributed by atoms with van der Waals surface area (Å²) in [5, 5.41) is 0. The molecule has 74 valence electrons. The predicted octanol–water partition coefficient (Wildman–Crippen LogP) is -1.38. The van der Waals surface area contributed by atoms with Crippen molar-refractivity contribution in [3.05, 3.63) is 0 Å². The summed E-state index contributed by atoms with van der Waals surface area (Å²) < 4.78 is 32.5. The zero-order chi connectivity index (χ0) is 9.78. The maximum atomic E-state index is 10.1. The Morgan fingerprint density at radius 1 is 1.58 bits per heavy atom. The highest BCUT2D eigenvalue weighted by atomic mass is 32.3. The molecule has 0 aromatic heterocycles. The first-order valence-corrected chi connectivity index (χ1v) is 4.46. The molecule has 2 unspecified atom stereocenters. The molecule has 0 aromatic rings. The van der Waals surface area contributed by atoms with Crippen LogP contribution in [0.25, 0.3) is 0 Å². The van der Waals surface area contributed by atoms with Gasteiger partial charge in [-0.05, 0) is 0 Å². The van der Waals surface area contributed by atoms with E-state index in [1.54, 1.807) is 6.92 Å². The fourth-order valence-electron chi connectivity index (χ4n) is 0.482. The molecule has 0 saturated heterocycles. The topological polar surface area (TPSA) is 125 Å². The van der Waals surface area contributed by atoms with Gasteiger partial charge in [-0.25, -0.2) is 10.1 Å². The van der Waals surface area contributed by atoms with Gasteiger partial charge in [0.2, 0.25) is 0 Å².